The molecule has 4 N–H and O–H groups in total. The maximum absolute atomic E-state index is 10.1. The number of nitrogens with one attached hydrogen (secondary N) is 1. The van der Waals surface area contributed by atoms with Crippen LogP contribution in [-0.2, 0) is 0 Å². The van der Waals surface area contributed by atoms with Gasteiger partial charge in [-0.2, -0.15) is 15.0 Å². The number of nitrogens with two attached hydrogens (primary N) is 1. The van der Waals surface area contributed by atoms with E-state index in [-0.39, 0.29) is 18.1 Å². The van der Waals surface area contributed by atoms with Crippen LogP contribution in [0.25, 0.3) is 0 Å². The molecule has 19 heavy (non-hydrogen) atoms. The molecule has 1 aliphatic carbocycles. The van der Waals surface area contributed by atoms with Crippen LogP contribution < -0.4 is 16.0 Å². The fourth-order valence-corrected chi connectivity index (χ4v) is 2.27. The first kappa shape index (κ1) is 13.8. The Labute approximate surface area is 113 Å². The van der Waals surface area contributed by atoms with Gasteiger partial charge in [-0.1, -0.05) is 19.3 Å². The minimum absolute atomic E-state index is 0.0145. The second-order valence-electron chi connectivity index (χ2n) is 5.17. The monoisotopic (exact) mass is 266 g/mol. The molecule has 1 saturated carbocycles. The SMILES string of the molecule is CN(C)c1nc(N)nc(NC2CCCCCC2O)n1. The van der Waals surface area contributed by atoms with E-state index in [1.807, 2.05) is 14.1 Å². The highest BCUT2D eigenvalue weighted by Gasteiger charge is 2.22. The lowest BCUT2D eigenvalue weighted by atomic mass is 10.1. The number of aliphatic hydroxyl groups is 1. The van der Waals surface area contributed by atoms with Crippen LogP contribution >= 0.6 is 0 Å². The van der Waals surface area contributed by atoms with E-state index in [0.29, 0.717) is 11.9 Å². The van der Waals surface area contributed by atoms with Crippen LogP contribution in [0.5, 0.6) is 0 Å². The maximum atomic E-state index is 10.1. The number of hydrogen-bond acceptors (Lipinski definition) is 7. The number of nitrogen functional groups attached to an aromatic ring is 1. The predicted octanol–water partition coefficient (Wildman–Crippen LogP) is 0.625. The number of nitrogens with zero attached hydrogens (tertiary/aromatic N) is 4. The highest BCUT2D eigenvalue weighted by molar-refractivity contribution is 5.41. The summed E-state index contributed by atoms with van der Waals surface area (Å²) in [6.07, 6.45) is 4.72. The summed E-state index contributed by atoms with van der Waals surface area (Å²) in [7, 11) is 3.69. The second kappa shape index (κ2) is 6.01. The Morgan fingerprint density at radius 1 is 1.16 bits per heavy atom. The molecule has 1 aromatic rings. The standard InChI is InChI=1S/C12H22N6O/c1-18(2)12-16-10(13)15-11(17-12)14-8-6-4-3-5-7-9(8)19/h8-9,19H,3-7H2,1-2H3,(H3,13,14,15,16,17). The minimum atomic E-state index is -0.358. The van der Waals surface area contributed by atoms with E-state index in [9.17, 15) is 5.11 Å². The molecule has 1 heterocycles. The Morgan fingerprint density at radius 3 is 2.63 bits per heavy atom. The van der Waals surface area contributed by atoms with Gasteiger partial charge in [-0.15, -0.1) is 0 Å². The summed E-state index contributed by atoms with van der Waals surface area (Å²) in [6.45, 7) is 0. The van der Waals surface area contributed by atoms with E-state index < -0.39 is 0 Å². The third kappa shape index (κ3) is 3.66. The zero-order chi connectivity index (χ0) is 13.8. The molecule has 0 aromatic carbocycles. The number of anilines is 3. The summed E-state index contributed by atoms with van der Waals surface area (Å²) in [4.78, 5) is 14.2. The van der Waals surface area contributed by atoms with Crippen LogP contribution in [0.2, 0.25) is 0 Å². The van der Waals surface area contributed by atoms with Crippen molar-refractivity contribution in [3.8, 4) is 0 Å². The Hall–Kier alpha value is -1.63. The molecule has 0 aliphatic heterocycles. The van der Waals surface area contributed by atoms with Gasteiger partial charge in [-0.3, -0.25) is 0 Å². The molecule has 2 atom stereocenters. The first-order valence-corrected chi connectivity index (χ1v) is 6.70. The summed E-state index contributed by atoms with van der Waals surface area (Å²) in [5.74, 6) is 1.13. The minimum Gasteiger partial charge on any atom is -0.391 e. The van der Waals surface area contributed by atoms with Crippen LogP contribution in [0.1, 0.15) is 32.1 Å². The van der Waals surface area contributed by atoms with Crippen molar-refractivity contribution in [3.63, 3.8) is 0 Å². The van der Waals surface area contributed by atoms with Crippen molar-refractivity contribution < 1.29 is 5.11 Å². The summed E-state index contributed by atoms with van der Waals surface area (Å²) in [5, 5.41) is 13.3. The van der Waals surface area contributed by atoms with Crippen LogP contribution in [0, 0.1) is 0 Å². The van der Waals surface area contributed by atoms with E-state index in [1.54, 1.807) is 4.90 Å². The number of rotatable bonds is 3. The number of aromatic nitrogens is 3. The molecule has 1 aromatic heterocycles. The second-order valence-corrected chi connectivity index (χ2v) is 5.17. The lowest BCUT2D eigenvalue weighted by Crippen LogP contribution is -2.33. The maximum Gasteiger partial charge on any atom is 0.231 e. The van der Waals surface area contributed by atoms with Crippen molar-refractivity contribution in [3.05, 3.63) is 0 Å². The van der Waals surface area contributed by atoms with Gasteiger partial charge in [0.25, 0.3) is 0 Å². The van der Waals surface area contributed by atoms with Gasteiger partial charge < -0.3 is 21.1 Å². The molecule has 0 radical (unpaired) electrons. The van der Waals surface area contributed by atoms with E-state index in [2.05, 4.69) is 20.3 Å². The first-order valence-electron chi connectivity index (χ1n) is 6.70. The summed E-state index contributed by atoms with van der Waals surface area (Å²) in [6, 6.07) is -0.0145. The van der Waals surface area contributed by atoms with Crippen molar-refractivity contribution in [2.24, 2.45) is 0 Å². The molecule has 1 fully saturated rings. The van der Waals surface area contributed by atoms with Crippen LogP contribution in [-0.4, -0.2) is 46.3 Å². The van der Waals surface area contributed by atoms with Gasteiger partial charge >= 0.3 is 0 Å². The quantitative estimate of drug-likeness (QED) is 0.690. The molecule has 106 valence electrons. The molecular formula is C12H22N6O. The fraction of sp³-hybridized carbons (Fsp3) is 0.750. The molecular weight excluding hydrogens is 244 g/mol. The van der Waals surface area contributed by atoms with Gasteiger partial charge in [0.15, 0.2) is 0 Å². The normalized spacial score (nSPS) is 23.7. The third-order valence-electron chi connectivity index (χ3n) is 3.33. The van der Waals surface area contributed by atoms with Gasteiger partial charge in [0.2, 0.25) is 17.8 Å². The van der Waals surface area contributed by atoms with Crippen molar-refractivity contribution in [2.75, 3.05) is 30.0 Å². The lowest BCUT2D eigenvalue weighted by molar-refractivity contribution is 0.144. The summed E-state index contributed by atoms with van der Waals surface area (Å²) in [5.41, 5.74) is 5.68. The van der Waals surface area contributed by atoms with Gasteiger partial charge in [0, 0.05) is 14.1 Å². The molecule has 2 rings (SSSR count). The van der Waals surface area contributed by atoms with E-state index in [4.69, 9.17) is 5.73 Å². The molecule has 0 saturated heterocycles. The van der Waals surface area contributed by atoms with E-state index in [1.165, 1.54) is 0 Å². The third-order valence-corrected chi connectivity index (χ3v) is 3.33. The first-order chi connectivity index (χ1) is 9.06. The Balaban J connectivity index is 2.13. The molecule has 0 amide bonds. The van der Waals surface area contributed by atoms with Crippen LogP contribution in [0.15, 0.2) is 0 Å². The largest absolute Gasteiger partial charge is 0.391 e. The smallest absolute Gasteiger partial charge is 0.231 e. The zero-order valence-electron chi connectivity index (χ0n) is 11.5. The van der Waals surface area contributed by atoms with Gasteiger partial charge in [0.1, 0.15) is 0 Å². The lowest BCUT2D eigenvalue weighted by Gasteiger charge is -2.22. The topological polar surface area (TPSA) is 100 Å². The predicted molar refractivity (Wildman–Crippen MR) is 75.1 cm³/mol. The molecule has 7 nitrogen and oxygen atoms in total. The number of aliphatic hydroxyl groups excluding tert-OH is 1. The Morgan fingerprint density at radius 2 is 1.89 bits per heavy atom. The van der Waals surface area contributed by atoms with E-state index in [0.717, 1.165) is 32.1 Å². The number of hydrogen-bond donors (Lipinski definition) is 3. The van der Waals surface area contributed by atoms with Crippen molar-refractivity contribution >= 4 is 17.8 Å². The summed E-state index contributed by atoms with van der Waals surface area (Å²) < 4.78 is 0. The highest BCUT2D eigenvalue weighted by Crippen LogP contribution is 2.21. The molecule has 0 spiro atoms. The van der Waals surface area contributed by atoms with Gasteiger partial charge in [0.05, 0.1) is 12.1 Å². The average molecular weight is 266 g/mol. The highest BCUT2D eigenvalue weighted by atomic mass is 16.3. The van der Waals surface area contributed by atoms with Crippen molar-refractivity contribution in [2.45, 2.75) is 44.2 Å². The van der Waals surface area contributed by atoms with Gasteiger partial charge in [-0.25, -0.2) is 0 Å². The molecule has 2 unspecified atom stereocenters. The molecule has 1 aliphatic rings. The Bertz CT molecular complexity index is 425. The van der Waals surface area contributed by atoms with E-state index >= 15 is 0 Å². The zero-order valence-corrected chi connectivity index (χ0v) is 11.5. The van der Waals surface area contributed by atoms with Crippen molar-refractivity contribution in [1.82, 2.24) is 15.0 Å². The molecule has 0 bridgehead atoms. The van der Waals surface area contributed by atoms with Crippen LogP contribution in [0.4, 0.5) is 17.8 Å². The average Bonchev–Trinajstić information content (AvgIpc) is 2.54. The molecule has 7 heteroatoms. The van der Waals surface area contributed by atoms with Crippen LogP contribution in [0.3, 0.4) is 0 Å². The van der Waals surface area contributed by atoms with Crippen molar-refractivity contribution in [1.29, 1.82) is 0 Å². The summed E-state index contributed by atoms with van der Waals surface area (Å²) >= 11 is 0. The van der Waals surface area contributed by atoms with Gasteiger partial charge in [-0.05, 0) is 12.8 Å². The fourth-order valence-electron chi connectivity index (χ4n) is 2.27. The Kier molecular flexibility index (Phi) is 4.36.